The zero-order valence-corrected chi connectivity index (χ0v) is 10.3. The quantitative estimate of drug-likeness (QED) is 0.512. The topological polar surface area (TPSA) is 146 Å². The van der Waals surface area contributed by atoms with Gasteiger partial charge >= 0.3 is 0 Å². The van der Waals surface area contributed by atoms with Crippen molar-refractivity contribution in [3.05, 3.63) is 18.2 Å². The first kappa shape index (κ1) is 14.2. The van der Waals surface area contributed by atoms with E-state index in [2.05, 4.69) is 0 Å². The van der Waals surface area contributed by atoms with Crippen LogP contribution in [0.2, 0.25) is 0 Å². The first-order chi connectivity index (χ1) is 7.51. The minimum Gasteiger partial charge on any atom is -0.302 e. The Hall–Kier alpha value is -0.850. The van der Waals surface area contributed by atoms with Crippen LogP contribution in [-0.2, 0) is 31.3 Å². The van der Waals surface area contributed by atoms with Crippen LogP contribution < -0.4 is 0 Å². The molecule has 0 radical (unpaired) electrons. The second-order valence-electron chi connectivity index (χ2n) is 2.84. The molecule has 8 nitrogen and oxygen atoms in total. The van der Waals surface area contributed by atoms with Crippen LogP contribution in [0, 0.1) is 0 Å². The van der Waals surface area contributed by atoms with Gasteiger partial charge in [0.15, 0.2) is 11.1 Å². The highest BCUT2D eigenvalue weighted by Gasteiger charge is 2.19. The van der Waals surface area contributed by atoms with Gasteiger partial charge in [-0.15, -0.1) is 0 Å². The molecule has 1 aromatic rings. The fourth-order valence-electron chi connectivity index (χ4n) is 0.944. The van der Waals surface area contributed by atoms with Gasteiger partial charge in [0.05, 0.1) is 14.7 Å². The smallest absolute Gasteiger partial charge is 0.294 e. The molecule has 1 unspecified atom stereocenters. The summed E-state index contributed by atoms with van der Waals surface area (Å²) in [6, 6.07) is 1.68. The predicted octanol–water partition coefficient (Wildman–Crippen LogP) is -0.239. The Labute approximate surface area is 99.1 Å². The molecule has 0 saturated carbocycles. The van der Waals surface area contributed by atoms with Crippen molar-refractivity contribution in [1.29, 1.82) is 0 Å². The third-order valence-corrected chi connectivity index (χ3v) is 3.95. The van der Waals surface area contributed by atoms with E-state index in [-0.39, 0.29) is 0 Å². The Morgan fingerprint density at radius 2 is 1.24 bits per heavy atom. The molecule has 3 N–H and O–H groups in total. The Balaban J connectivity index is 3.68. The Bertz CT molecular complexity index is 621. The summed E-state index contributed by atoms with van der Waals surface area (Å²) in [5, 5.41) is 0. The highest BCUT2D eigenvalue weighted by atomic mass is 32.2. The SMILES string of the molecule is O=S(O)c1cc(S(=O)(=O)O)cc(S(=O)(=O)O)c1. The highest BCUT2D eigenvalue weighted by molar-refractivity contribution is 7.86. The van der Waals surface area contributed by atoms with Crippen molar-refractivity contribution in [2.24, 2.45) is 0 Å². The number of hydrogen-bond donors (Lipinski definition) is 3. The molecule has 17 heavy (non-hydrogen) atoms. The third kappa shape index (κ3) is 3.55. The van der Waals surface area contributed by atoms with E-state index < -0.39 is 46.0 Å². The molecule has 96 valence electrons. The normalized spacial score (nSPS) is 14.5. The van der Waals surface area contributed by atoms with E-state index >= 15 is 0 Å². The molecule has 1 rings (SSSR count). The molecule has 0 fully saturated rings. The maximum atomic E-state index is 10.8. The molecule has 0 aliphatic rings. The van der Waals surface area contributed by atoms with E-state index in [9.17, 15) is 21.0 Å². The summed E-state index contributed by atoms with van der Waals surface area (Å²) in [5.74, 6) is 0. The molecule has 1 aromatic carbocycles. The molecule has 0 aromatic heterocycles. The number of rotatable bonds is 3. The predicted molar refractivity (Wildman–Crippen MR) is 55.1 cm³/mol. The van der Waals surface area contributed by atoms with Crippen molar-refractivity contribution in [3.8, 4) is 0 Å². The lowest BCUT2D eigenvalue weighted by Crippen LogP contribution is -2.05. The lowest BCUT2D eigenvalue weighted by atomic mass is 10.4. The molecular formula is C6H6O8S3. The van der Waals surface area contributed by atoms with Crippen LogP contribution in [0.25, 0.3) is 0 Å². The van der Waals surface area contributed by atoms with Gasteiger partial charge < -0.3 is 4.55 Å². The summed E-state index contributed by atoms with van der Waals surface area (Å²) in [6.07, 6.45) is 0. The minimum atomic E-state index is -4.76. The Morgan fingerprint density at radius 3 is 1.47 bits per heavy atom. The summed E-state index contributed by atoms with van der Waals surface area (Å²) in [5.41, 5.74) is 0. The van der Waals surface area contributed by atoms with Crippen molar-refractivity contribution in [2.75, 3.05) is 0 Å². The second kappa shape index (κ2) is 4.44. The summed E-state index contributed by atoms with van der Waals surface area (Å²) in [4.78, 5) is -2.41. The van der Waals surface area contributed by atoms with Crippen LogP contribution in [0.15, 0.2) is 32.9 Å². The van der Waals surface area contributed by atoms with E-state index in [1.165, 1.54) is 0 Å². The third-order valence-electron chi connectivity index (χ3n) is 1.65. The van der Waals surface area contributed by atoms with E-state index in [1.54, 1.807) is 0 Å². The van der Waals surface area contributed by atoms with Crippen molar-refractivity contribution in [1.82, 2.24) is 0 Å². The van der Waals surface area contributed by atoms with Crippen LogP contribution >= 0.6 is 0 Å². The average Bonchev–Trinajstić information content (AvgIpc) is 2.14. The molecule has 0 aliphatic carbocycles. The maximum Gasteiger partial charge on any atom is 0.294 e. The van der Waals surface area contributed by atoms with Gasteiger partial charge in [0.25, 0.3) is 20.2 Å². The largest absolute Gasteiger partial charge is 0.302 e. The van der Waals surface area contributed by atoms with Crippen molar-refractivity contribution < 1.29 is 34.7 Å². The maximum absolute atomic E-state index is 10.8. The van der Waals surface area contributed by atoms with Gasteiger partial charge in [-0.05, 0) is 18.2 Å². The van der Waals surface area contributed by atoms with Crippen molar-refractivity contribution in [3.63, 3.8) is 0 Å². The molecule has 0 bridgehead atoms. The van der Waals surface area contributed by atoms with Gasteiger partial charge in [0, 0.05) is 0 Å². The summed E-state index contributed by atoms with van der Waals surface area (Å²) in [7, 11) is -9.53. The highest BCUT2D eigenvalue weighted by Crippen LogP contribution is 2.20. The molecule has 0 heterocycles. The molecular weight excluding hydrogens is 296 g/mol. The fourth-order valence-corrected chi connectivity index (χ4v) is 2.73. The van der Waals surface area contributed by atoms with Crippen molar-refractivity contribution in [2.45, 2.75) is 14.7 Å². The van der Waals surface area contributed by atoms with Gasteiger partial charge in [-0.3, -0.25) is 9.11 Å². The summed E-state index contributed by atoms with van der Waals surface area (Å²) in [6.45, 7) is 0. The molecule has 1 atom stereocenters. The van der Waals surface area contributed by atoms with E-state index in [0.29, 0.717) is 18.2 Å². The van der Waals surface area contributed by atoms with Crippen molar-refractivity contribution >= 4 is 31.3 Å². The zero-order valence-electron chi connectivity index (χ0n) is 7.84. The van der Waals surface area contributed by atoms with Crippen LogP contribution in [-0.4, -0.2) is 34.7 Å². The lowest BCUT2D eigenvalue weighted by molar-refractivity contribution is 0.480. The van der Waals surface area contributed by atoms with Crippen LogP contribution in [0.1, 0.15) is 0 Å². The first-order valence-electron chi connectivity index (χ1n) is 3.73. The van der Waals surface area contributed by atoms with Gasteiger partial charge in [0.2, 0.25) is 0 Å². The van der Waals surface area contributed by atoms with Crippen LogP contribution in [0.3, 0.4) is 0 Å². The van der Waals surface area contributed by atoms with Gasteiger partial charge in [-0.2, -0.15) is 16.8 Å². The Morgan fingerprint density at radius 1 is 0.882 bits per heavy atom. The van der Waals surface area contributed by atoms with Crippen LogP contribution in [0.5, 0.6) is 0 Å². The molecule has 11 heteroatoms. The van der Waals surface area contributed by atoms with E-state index in [1.807, 2.05) is 0 Å². The van der Waals surface area contributed by atoms with Gasteiger partial charge in [-0.25, -0.2) is 4.21 Å². The fraction of sp³-hybridized carbons (Fsp3) is 0. The number of benzene rings is 1. The minimum absolute atomic E-state index is 0.459. The molecule has 0 saturated heterocycles. The van der Waals surface area contributed by atoms with E-state index in [0.717, 1.165) is 0 Å². The molecule has 0 aliphatic heterocycles. The van der Waals surface area contributed by atoms with E-state index in [4.69, 9.17) is 13.7 Å². The first-order valence-corrected chi connectivity index (χ1v) is 7.71. The van der Waals surface area contributed by atoms with Gasteiger partial charge in [-0.1, -0.05) is 0 Å². The number of hydrogen-bond acceptors (Lipinski definition) is 5. The molecule has 0 amide bonds. The zero-order chi connectivity index (χ0) is 13.4. The second-order valence-corrected chi connectivity index (χ2v) is 6.65. The average molecular weight is 302 g/mol. The van der Waals surface area contributed by atoms with Crippen LogP contribution in [0.4, 0.5) is 0 Å². The Kier molecular flexibility index (Phi) is 3.71. The van der Waals surface area contributed by atoms with Gasteiger partial charge in [0.1, 0.15) is 0 Å². The monoisotopic (exact) mass is 302 g/mol. The summed E-state index contributed by atoms with van der Waals surface area (Å²) < 4.78 is 80.0. The summed E-state index contributed by atoms with van der Waals surface area (Å²) >= 11 is -2.67. The lowest BCUT2D eigenvalue weighted by Gasteiger charge is -2.03. The standard InChI is InChI=1S/C6H6O8S3/c7-15(8)4-1-5(16(9,10)11)3-6(2-4)17(12,13)14/h1-3H,(H,7,8)(H,9,10,11)(H,12,13,14). The molecule has 0 spiro atoms.